The summed E-state index contributed by atoms with van der Waals surface area (Å²) in [6, 6.07) is 3.33. The number of carbonyl (C=O) groups is 1. The summed E-state index contributed by atoms with van der Waals surface area (Å²) < 4.78 is 12.3. The van der Waals surface area contributed by atoms with Crippen LogP contribution in [0.15, 0.2) is 16.5 Å². The molecule has 1 aliphatic rings. The molecule has 1 amide bonds. The van der Waals surface area contributed by atoms with E-state index in [9.17, 15) is 4.79 Å². The lowest BCUT2D eigenvalue weighted by atomic mass is 9.79. The van der Waals surface area contributed by atoms with Gasteiger partial charge in [-0.05, 0) is 25.8 Å². The van der Waals surface area contributed by atoms with Gasteiger partial charge in [0, 0.05) is 25.1 Å². The predicted molar refractivity (Wildman–Crippen MR) is 80.0 cm³/mol. The number of aromatic nitrogens is 3. The number of ether oxygens (including phenoxy) is 1. The fourth-order valence-electron chi connectivity index (χ4n) is 2.73. The maximum Gasteiger partial charge on any atom is 0.287 e. The van der Waals surface area contributed by atoms with Gasteiger partial charge in [-0.1, -0.05) is 0 Å². The van der Waals surface area contributed by atoms with Crippen LogP contribution < -0.4 is 10.1 Å². The smallest absolute Gasteiger partial charge is 0.287 e. The number of amides is 1. The van der Waals surface area contributed by atoms with Gasteiger partial charge in [-0.15, -0.1) is 10.2 Å². The molecule has 8 nitrogen and oxygen atoms in total. The van der Waals surface area contributed by atoms with Gasteiger partial charge in [0.2, 0.25) is 0 Å². The number of hydrogen-bond donors (Lipinski definition) is 2. The van der Waals surface area contributed by atoms with Crippen molar-refractivity contribution in [3.63, 3.8) is 0 Å². The third kappa shape index (κ3) is 3.07. The lowest BCUT2D eigenvalue weighted by molar-refractivity contribution is 0.0870. The molecule has 124 valence electrons. The lowest BCUT2D eigenvalue weighted by Gasteiger charge is -2.34. The summed E-state index contributed by atoms with van der Waals surface area (Å²) in [4.78, 5) is 12.1. The van der Waals surface area contributed by atoms with Crippen LogP contribution in [0.25, 0.3) is 0 Å². The van der Waals surface area contributed by atoms with Crippen LogP contribution in [-0.2, 0) is 13.7 Å². The first-order valence-corrected chi connectivity index (χ1v) is 7.64. The summed E-state index contributed by atoms with van der Waals surface area (Å²) in [6.07, 6.45) is 1.59. The van der Waals surface area contributed by atoms with E-state index in [-0.39, 0.29) is 30.2 Å². The molecule has 0 atom stereocenters. The van der Waals surface area contributed by atoms with Crippen LogP contribution in [0.4, 0.5) is 0 Å². The molecule has 0 spiro atoms. The van der Waals surface area contributed by atoms with Crippen molar-refractivity contribution in [2.45, 2.75) is 38.3 Å². The van der Waals surface area contributed by atoms with Crippen molar-refractivity contribution in [1.82, 2.24) is 20.1 Å². The number of nitrogens with zero attached hydrogens (tertiary/aromatic N) is 3. The SMILES string of the molecule is CCOc1ccc(C(=O)NC2CC(c3nnc(CO)n3C)C2)o1. The Morgan fingerprint density at radius 1 is 1.48 bits per heavy atom. The molecule has 2 heterocycles. The zero-order chi connectivity index (χ0) is 16.4. The highest BCUT2D eigenvalue weighted by Gasteiger charge is 2.35. The van der Waals surface area contributed by atoms with Gasteiger partial charge < -0.3 is 24.1 Å². The Morgan fingerprint density at radius 2 is 2.26 bits per heavy atom. The first-order chi connectivity index (χ1) is 11.1. The Balaban J connectivity index is 1.53. The minimum absolute atomic E-state index is 0.0856. The van der Waals surface area contributed by atoms with E-state index in [0.717, 1.165) is 18.7 Å². The summed E-state index contributed by atoms with van der Waals surface area (Å²) in [5, 5.41) is 20.1. The van der Waals surface area contributed by atoms with Crippen molar-refractivity contribution >= 4 is 5.91 Å². The topological polar surface area (TPSA) is 102 Å². The Labute approximate surface area is 133 Å². The number of rotatable bonds is 6. The Bertz CT molecular complexity index is 687. The van der Waals surface area contributed by atoms with E-state index in [4.69, 9.17) is 14.3 Å². The van der Waals surface area contributed by atoms with Crippen LogP contribution in [0.3, 0.4) is 0 Å². The third-order valence-corrected chi connectivity index (χ3v) is 4.07. The fourth-order valence-corrected chi connectivity index (χ4v) is 2.73. The average Bonchev–Trinajstić information content (AvgIpc) is 3.10. The van der Waals surface area contributed by atoms with Crippen LogP contribution in [0.1, 0.15) is 47.9 Å². The van der Waals surface area contributed by atoms with Gasteiger partial charge >= 0.3 is 0 Å². The van der Waals surface area contributed by atoms with Gasteiger partial charge in [-0.25, -0.2) is 0 Å². The van der Waals surface area contributed by atoms with E-state index < -0.39 is 0 Å². The highest BCUT2D eigenvalue weighted by molar-refractivity contribution is 5.91. The Morgan fingerprint density at radius 3 is 2.91 bits per heavy atom. The molecule has 0 bridgehead atoms. The van der Waals surface area contributed by atoms with E-state index in [1.165, 1.54) is 0 Å². The van der Waals surface area contributed by atoms with E-state index in [1.807, 2.05) is 18.5 Å². The van der Waals surface area contributed by atoms with Crippen molar-refractivity contribution in [2.75, 3.05) is 6.61 Å². The quantitative estimate of drug-likeness (QED) is 0.822. The van der Waals surface area contributed by atoms with Crippen LogP contribution in [0.2, 0.25) is 0 Å². The monoisotopic (exact) mass is 320 g/mol. The minimum Gasteiger partial charge on any atom is -0.465 e. The summed E-state index contributed by atoms with van der Waals surface area (Å²) in [6.45, 7) is 2.22. The van der Waals surface area contributed by atoms with Gasteiger partial charge in [-0.2, -0.15) is 0 Å². The molecule has 3 rings (SSSR count). The minimum atomic E-state index is -0.242. The second-order valence-electron chi connectivity index (χ2n) is 5.58. The van der Waals surface area contributed by atoms with Crippen molar-refractivity contribution in [2.24, 2.45) is 7.05 Å². The van der Waals surface area contributed by atoms with Crippen molar-refractivity contribution in [1.29, 1.82) is 0 Å². The molecule has 0 radical (unpaired) electrons. The van der Waals surface area contributed by atoms with Gasteiger partial charge in [-0.3, -0.25) is 4.79 Å². The van der Waals surface area contributed by atoms with E-state index in [0.29, 0.717) is 18.4 Å². The normalized spacial score (nSPS) is 20.1. The van der Waals surface area contributed by atoms with Crippen molar-refractivity contribution in [3.05, 3.63) is 29.5 Å². The number of aliphatic hydroxyl groups excluding tert-OH is 1. The molecule has 1 saturated carbocycles. The standard InChI is InChI=1S/C15H20N4O4/c1-3-22-13-5-4-11(23-13)15(21)16-10-6-9(7-10)14-18-17-12(8-20)19(14)2/h4-5,9-10,20H,3,6-8H2,1-2H3,(H,16,21). The first-order valence-electron chi connectivity index (χ1n) is 7.64. The molecule has 1 aliphatic carbocycles. The summed E-state index contributed by atoms with van der Waals surface area (Å²) in [5.41, 5.74) is 0. The molecule has 2 aromatic heterocycles. The van der Waals surface area contributed by atoms with Crippen LogP contribution >= 0.6 is 0 Å². The second kappa shape index (κ2) is 6.41. The maximum absolute atomic E-state index is 12.1. The zero-order valence-corrected chi connectivity index (χ0v) is 13.2. The number of carbonyl (C=O) groups excluding carboxylic acids is 1. The van der Waals surface area contributed by atoms with Crippen molar-refractivity contribution in [3.8, 4) is 5.95 Å². The van der Waals surface area contributed by atoms with Gasteiger partial charge in [0.05, 0.1) is 6.61 Å². The number of aliphatic hydroxyl groups is 1. The van der Waals surface area contributed by atoms with E-state index in [1.54, 1.807) is 12.1 Å². The molecule has 0 aromatic carbocycles. The number of nitrogens with one attached hydrogen (secondary N) is 1. The van der Waals surface area contributed by atoms with Crippen LogP contribution in [0, 0.1) is 0 Å². The van der Waals surface area contributed by atoms with Crippen molar-refractivity contribution < 1.29 is 19.1 Å². The highest BCUT2D eigenvalue weighted by atomic mass is 16.6. The molecular formula is C15H20N4O4. The molecule has 23 heavy (non-hydrogen) atoms. The van der Waals surface area contributed by atoms with Gasteiger partial charge in [0.25, 0.3) is 11.9 Å². The molecule has 0 unspecified atom stereocenters. The molecule has 0 aliphatic heterocycles. The predicted octanol–water partition coefficient (Wildman–Crippen LogP) is 0.975. The highest BCUT2D eigenvalue weighted by Crippen LogP contribution is 2.36. The molecule has 0 saturated heterocycles. The Kier molecular flexibility index (Phi) is 4.33. The van der Waals surface area contributed by atoms with E-state index in [2.05, 4.69) is 15.5 Å². The number of furan rings is 1. The summed E-state index contributed by atoms with van der Waals surface area (Å²) in [5.74, 6) is 1.99. The largest absolute Gasteiger partial charge is 0.465 e. The summed E-state index contributed by atoms with van der Waals surface area (Å²) >= 11 is 0. The molecule has 2 N–H and O–H groups in total. The van der Waals surface area contributed by atoms with Gasteiger partial charge in [0.15, 0.2) is 11.6 Å². The summed E-state index contributed by atoms with van der Waals surface area (Å²) in [7, 11) is 1.84. The fraction of sp³-hybridized carbons (Fsp3) is 0.533. The lowest BCUT2D eigenvalue weighted by Crippen LogP contribution is -2.43. The number of hydrogen-bond acceptors (Lipinski definition) is 6. The van der Waals surface area contributed by atoms with Gasteiger partial charge in [0.1, 0.15) is 12.4 Å². The average molecular weight is 320 g/mol. The van der Waals surface area contributed by atoms with Crippen LogP contribution in [-0.4, -0.2) is 38.4 Å². The maximum atomic E-state index is 12.1. The first kappa shape index (κ1) is 15.5. The third-order valence-electron chi connectivity index (χ3n) is 4.07. The molecular weight excluding hydrogens is 300 g/mol. The molecule has 2 aromatic rings. The molecule has 8 heteroatoms. The Hall–Kier alpha value is -2.35. The second-order valence-corrected chi connectivity index (χ2v) is 5.58. The van der Waals surface area contributed by atoms with E-state index >= 15 is 0 Å². The zero-order valence-electron chi connectivity index (χ0n) is 13.2. The molecule has 1 fully saturated rings. The van der Waals surface area contributed by atoms with Crippen LogP contribution in [0.5, 0.6) is 5.95 Å².